The van der Waals surface area contributed by atoms with E-state index in [2.05, 4.69) is 4.72 Å². The molecule has 21 heavy (non-hydrogen) atoms. The summed E-state index contributed by atoms with van der Waals surface area (Å²) in [6, 6.07) is 2.75. The van der Waals surface area contributed by atoms with Gasteiger partial charge in [0.25, 0.3) is 0 Å². The van der Waals surface area contributed by atoms with Gasteiger partial charge in [0.2, 0.25) is 10.0 Å². The minimum Gasteiger partial charge on any atom is -0.392 e. The van der Waals surface area contributed by atoms with Gasteiger partial charge in [-0.1, -0.05) is 0 Å². The van der Waals surface area contributed by atoms with Crippen molar-refractivity contribution in [1.29, 1.82) is 0 Å². The van der Waals surface area contributed by atoms with Crippen molar-refractivity contribution in [1.82, 2.24) is 9.62 Å². The zero-order chi connectivity index (χ0) is 16.2. The van der Waals surface area contributed by atoms with E-state index in [9.17, 15) is 12.8 Å². The molecule has 0 spiro atoms. The Morgan fingerprint density at radius 2 is 2.00 bits per heavy atom. The van der Waals surface area contributed by atoms with Crippen LogP contribution in [0.4, 0.5) is 4.39 Å². The van der Waals surface area contributed by atoms with E-state index in [4.69, 9.17) is 5.11 Å². The summed E-state index contributed by atoms with van der Waals surface area (Å²) < 4.78 is 40.5. The van der Waals surface area contributed by atoms with E-state index in [1.165, 1.54) is 13.0 Å². The van der Waals surface area contributed by atoms with Gasteiger partial charge in [-0.2, -0.15) is 0 Å². The van der Waals surface area contributed by atoms with Gasteiger partial charge in [0.1, 0.15) is 5.82 Å². The topological polar surface area (TPSA) is 69.6 Å². The lowest BCUT2D eigenvalue weighted by molar-refractivity contribution is 0.275. The van der Waals surface area contributed by atoms with Gasteiger partial charge in [0.15, 0.2) is 0 Å². The molecule has 0 fully saturated rings. The van der Waals surface area contributed by atoms with Crippen molar-refractivity contribution >= 4 is 10.0 Å². The predicted molar refractivity (Wildman–Crippen MR) is 80.0 cm³/mol. The van der Waals surface area contributed by atoms with Crippen LogP contribution in [0.15, 0.2) is 17.0 Å². The SMILES string of the molecule is Cc1cc(S(=O)(=O)NCCN(C)C(C)C)cc(CO)c1F. The lowest BCUT2D eigenvalue weighted by atomic mass is 10.1. The van der Waals surface area contributed by atoms with Gasteiger partial charge < -0.3 is 10.0 Å². The first-order valence-corrected chi connectivity index (χ1v) is 8.27. The number of hydrogen-bond acceptors (Lipinski definition) is 4. The fourth-order valence-corrected chi connectivity index (χ4v) is 2.93. The molecule has 0 saturated carbocycles. The van der Waals surface area contributed by atoms with Crippen LogP contribution >= 0.6 is 0 Å². The number of sulfonamides is 1. The van der Waals surface area contributed by atoms with Crippen LogP contribution in [0.5, 0.6) is 0 Å². The molecule has 0 amide bonds. The van der Waals surface area contributed by atoms with Gasteiger partial charge >= 0.3 is 0 Å². The zero-order valence-corrected chi connectivity index (χ0v) is 13.7. The Morgan fingerprint density at radius 3 is 2.52 bits per heavy atom. The number of nitrogens with zero attached hydrogens (tertiary/aromatic N) is 1. The molecule has 0 heterocycles. The second-order valence-electron chi connectivity index (χ2n) is 5.34. The number of aryl methyl sites for hydroxylation is 1. The number of benzene rings is 1. The molecule has 1 aromatic rings. The predicted octanol–water partition coefficient (Wildman–Crippen LogP) is 1.24. The van der Waals surface area contributed by atoms with Crippen molar-refractivity contribution in [2.45, 2.75) is 38.3 Å². The highest BCUT2D eigenvalue weighted by atomic mass is 32.2. The molecule has 0 bridgehead atoms. The van der Waals surface area contributed by atoms with Gasteiger partial charge in [-0.3, -0.25) is 0 Å². The Morgan fingerprint density at radius 1 is 1.38 bits per heavy atom. The number of aliphatic hydroxyl groups is 1. The van der Waals surface area contributed by atoms with E-state index in [-0.39, 0.29) is 22.6 Å². The molecule has 7 heteroatoms. The largest absolute Gasteiger partial charge is 0.392 e. The van der Waals surface area contributed by atoms with Crippen LogP contribution in [-0.2, 0) is 16.6 Å². The summed E-state index contributed by atoms with van der Waals surface area (Å²) in [6.45, 7) is 5.81. The summed E-state index contributed by atoms with van der Waals surface area (Å²) in [5.74, 6) is -0.573. The third-order valence-electron chi connectivity index (χ3n) is 3.42. The van der Waals surface area contributed by atoms with Crippen LogP contribution in [0.2, 0.25) is 0 Å². The van der Waals surface area contributed by atoms with Gasteiger partial charge in [-0.25, -0.2) is 17.5 Å². The first-order valence-electron chi connectivity index (χ1n) is 6.78. The van der Waals surface area contributed by atoms with Crippen molar-refractivity contribution < 1.29 is 17.9 Å². The van der Waals surface area contributed by atoms with Crippen molar-refractivity contribution in [3.63, 3.8) is 0 Å². The van der Waals surface area contributed by atoms with Crippen molar-refractivity contribution in [2.75, 3.05) is 20.1 Å². The first-order chi connectivity index (χ1) is 9.69. The summed E-state index contributed by atoms with van der Waals surface area (Å²) in [6.07, 6.45) is 0. The highest BCUT2D eigenvalue weighted by Crippen LogP contribution is 2.19. The molecule has 1 aromatic carbocycles. The number of likely N-dealkylation sites (N-methyl/N-ethyl adjacent to an activating group) is 1. The molecule has 0 aliphatic heterocycles. The molecule has 5 nitrogen and oxygen atoms in total. The van der Waals surface area contributed by atoms with Crippen LogP contribution in [0, 0.1) is 12.7 Å². The Labute approximate surface area is 125 Å². The molecule has 0 aliphatic rings. The van der Waals surface area contributed by atoms with Gasteiger partial charge in [-0.05, 0) is 45.5 Å². The lowest BCUT2D eigenvalue weighted by Gasteiger charge is -2.21. The third kappa shape index (κ3) is 4.74. The van der Waals surface area contributed by atoms with Gasteiger partial charge in [0.05, 0.1) is 11.5 Å². The van der Waals surface area contributed by atoms with E-state index in [0.717, 1.165) is 6.07 Å². The Kier molecular flexibility index (Phi) is 6.27. The molecule has 0 atom stereocenters. The minimum atomic E-state index is -3.71. The van der Waals surface area contributed by atoms with Crippen LogP contribution < -0.4 is 4.72 Å². The van der Waals surface area contributed by atoms with E-state index in [0.29, 0.717) is 12.6 Å². The van der Waals surface area contributed by atoms with Gasteiger partial charge in [0, 0.05) is 24.7 Å². The summed E-state index contributed by atoms with van der Waals surface area (Å²) in [4.78, 5) is 1.98. The monoisotopic (exact) mass is 318 g/mol. The molecular weight excluding hydrogens is 295 g/mol. The van der Waals surface area contributed by atoms with Gasteiger partial charge in [-0.15, -0.1) is 0 Å². The van der Waals surface area contributed by atoms with Crippen molar-refractivity contribution in [3.05, 3.63) is 29.1 Å². The van der Waals surface area contributed by atoms with E-state index < -0.39 is 22.4 Å². The second kappa shape index (κ2) is 7.31. The number of nitrogens with one attached hydrogen (secondary N) is 1. The molecule has 0 radical (unpaired) electrons. The van der Waals surface area contributed by atoms with Crippen LogP contribution in [0.25, 0.3) is 0 Å². The standard InChI is InChI=1S/C14H23FN2O3S/c1-10(2)17(4)6-5-16-21(19,20)13-7-11(3)14(15)12(8-13)9-18/h7-8,10,16,18H,5-6,9H2,1-4H3. The smallest absolute Gasteiger partial charge is 0.240 e. The Hall–Kier alpha value is -1.02. The van der Waals surface area contributed by atoms with Crippen molar-refractivity contribution in [2.24, 2.45) is 0 Å². The molecule has 0 aromatic heterocycles. The maximum atomic E-state index is 13.6. The zero-order valence-electron chi connectivity index (χ0n) is 12.9. The Bertz CT molecular complexity index is 588. The maximum Gasteiger partial charge on any atom is 0.240 e. The normalized spacial score (nSPS) is 12.4. The molecular formula is C14H23FN2O3S. The van der Waals surface area contributed by atoms with E-state index in [1.54, 1.807) is 0 Å². The quantitative estimate of drug-likeness (QED) is 0.794. The van der Waals surface area contributed by atoms with Crippen LogP contribution in [0.1, 0.15) is 25.0 Å². The fraction of sp³-hybridized carbons (Fsp3) is 0.571. The highest BCUT2D eigenvalue weighted by molar-refractivity contribution is 7.89. The summed E-state index contributed by atoms with van der Waals surface area (Å²) in [7, 11) is -1.80. The number of aliphatic hydroxyl groups excluding tert-OH is 1. The minimum absolute atomic E-state index is 0.0188. The van der Waals surface area contributed by atoms with Crippen LogP contribution in [0.3, 0.4) is 0 Å². The molecule has 2 N–H and O–H groups in total. The average molecular weight is 318 g/mol. The number of rotatable bonds is 7. The Balaban J connectivity index is 2.86. The van der Waals surface area contributed by atoms with Crippen molar-refractivity contribution in [3.8, 4) is 0 Å². The lowest BCUT2D eigenvalue weighted by Crippen LogP contribution is -2.36. The number of halogens is 1. The number of hydrogen-bond donors (Lipinski definition) is 2. The fourth-order valence-electron chi connectivity index (χ4n) is 1.77. The van der Waals surface area contributed by atoms with Crippen LogP contribution in [-0.4, -0.2) is 44.6 Å². The third-order valence-corrected chi connectivity index (χ3v) is 4.86. The second-order valence-corrected chi connectivity index (χ2v) is 7.11. The first kappa shape index (κ1) is 18.0. The average Bonchev–Trinajstić information content (AvgIpc) is 2.41. The molecule has 1 rings (SSSR count). The summed E-state index contributed by atoms with van der Waals surface area (Å²) >= 11 is 0. The summed E-state index contributed by atoms with van der Waals surface area (Å²) in [5.41, 5.74) is 0.177. The van der Waals surface area contributed by atoms with E-state index >= 15 is 0 Å². The summed E-state index contributed by atoms with van der Waals surface area (Å²) in [5, 5.41) is 9.08. The molecule has 120 valence electrons. The molecule has 0 aliphatic carbocycles. The molecule has 0 saturated heterocycles. The van der Waals surface area contributed by atoms with E-state index in [1.807, 2.05) is 25.8 Å². The maximum absolute atomic E-state index is 13.6. The highest BCUT2D eigenvalue weighted by Gasteiger charge is 2.18. The molecule has 0 unspecified atom stereocenters.